The topological polar surface area (TPSA) is 41.6 Å². The number of nitrogens with one attached hydrogen (secondary N) is 1. The van der Waals surface area contributed by atoms with Crippen molar-refractivity contribution in [3.63, 3.8) is 0 Å². The van der Waals surface area contributed by atoms with Gasteiger partial charge in [0.2, 0.25) is 5.91 Å². The maximum absolute atomic E-state index is 13.1. The lowest BCUT2D eigenvalue weighted by Gasteiger charge is -2.37. The molecule has 1 fully saturated rings. The van der Waals surface area contributed by atoms with Gasteiger partial charge in [-0.3, -0.25) is 4.79 Å². The van der Waals surface area contributed by atoms with Crippen LogP contribution in [0.15, 0.2) is 66.7 Å². The normalized spacial score (nSPS) is 16.3. The Bertz CT molecular complexity index is 976. The fourth-order valence-electron chi connectivity index (χ4n) is 4.01. The van der Waals surface area contributed by atoms with Crippen LogP contribution in [0.5, 0.6) is 5.75 Å². The molecule has 1 amide bonds. The predicted octanol–water partition coefficient (Wildman–Crippen LogP) is 4.38. The van der Waals surface area contributed by atoms with Crippen molar-refractivity contribution in [2.24, 2.45) is 0 Å². The second kappa shape index (κ2) is 9.77. The molecule has 0 aromatic heterocycles. The van der Waals surface area contributed by atoms with E-state index in [4.69, 9.17) is 4.74 Å². The third-order valence-electron chi connectivity index (χ3n) is 5.50. The molecule has 152 valence electrons. The van der Waals surface area contributed by atoms with Gasteiger partial charge in [-0.2, -0.15) is 0 Å². The molecule has 0 bridgehead atoms. The lowest BCUT2D eigenvalue weighted by atomic mass is 10.00. The molecule has 0 spiro atoms. The largest absolute Gasteiger partial charge is 0.496 e. The standard InChI is InChI=1S/C24H26N2O2.ClH/c1-28-23-9-5-4-8-21(23)22-17-25-14-15-26(22)24(27)13-11-18-10-12-19-6-2-3-7-20(19)16-18;/h2-10,12,16,22,25H,11,13-15,17H2,1H3;1H. The number of amides is 1. The highest BCUT2D eigenvalue weighted by atomic mass is 35.5. The second-order valence-electron chi connectivity index (χ2n) is 7.23. The highest BCUT2D eigenvalue weighted by Gasteiger charge is 2.29. The summed E-state index contributed by atoms with van der Waals surface area (Å²) in [5, 5.41) is 5.87. The number of para-hydroxylation sites is 1. The van der Waals surface area contributed by atoms with Crippen molar-refractivity contribution in [3.05, 3.63) is 77.9 Å². The van der Waals surface area contributed by atoms with Gasteiger partial charge in [0.1, 0.15) is 5.75 Å². The minimum Gasteiger partial charge on any atom is -0.496 e. The molecule has 3 aromatic rings. The quantitative estimate of drug-likeness (QED) is 0.678. The van der Waals surface area contributed by atoms with E-state index >= 15 is 0 Å². The van der Waals surface area contributed by atoms with Crippen molar-refractivity contribution in [3.8, 4) is 5.75 Å². The summed E-state index contributed by atoms with van der Waals surface area (Å²) in [7, 11) is 1.68. The summed E-state index contributed by atoms with van der Waals surface area (Å²) >= 11 is 0. The van der Waals surface area contributed by atoms with Crippen LogP contribution in [0.25, 0.3) is 10.8 Å². The fraction of sp³-hybridized carbons (Fsp3) is 0.292. The average molecular weight is 411 g/mol. The second-order valence-corrected chi connectivity index (χ2v) is 7.23. The third kappa shape index (κ3) is 4.72. The number of nitrogens with zero attached hydrogens (tertiary/aromatic N) is 1. The van der Waals surface area contributed by atoms with Crippen LogP contribution in [-0.4, -0.2) is 37.6 Å². The monoisotopic (exact) mass is 410 g/mol. The zero-order valence-electron chi connectivity index (χ0n) is 16.6. The Balaban J connectivity index is 0.00000240. The van der Waals surface area contributed by atoms with Gasteiger partial charge < -0.3 is 15.0 Å². The number of halogens is 1. The van der Waals surface area contributed by atoms with Gasteiger partial charge in [-0.15, -0.1) is 12.4 Å². The number of benzene rings is 3. The Kier molecular flexibility index (Phi) is 7.13. The van der Waals surface area contributed by atoms with Crippen LogP contribution in [0.2, 0.25) is 0 Å². The first-order valence-corrected chi connectivity index (χ1v) is 9.87. The van der Waals surface area contributed by atoms with Crippen molar-refractivity contribution in [1.29, 1.82) is 0 Å². The Morgan fingerprint density at radius 2 is 1.83 bits per heavy atom. The van der Waals surface area contributed by atoms with Crippen molar-refractivity contribution in [2.45, 2.75) is 18.9 Å². The zero-order chi connectivity index (χ0) is 19.3. The van der Waals surface area contributed by atoms with E-state index in [0.29, 0.717) is 6.42 Å². The van der Waals surface area contributed by atoms with Crippen molar-refractivity contribution in [2.75, 3.05) is 26.7 Å². The van der Waals surface area contributed by atoms with Gasteiger partial charge in [-0.25, -0.2) is 0 Å². The number of fused-ring (bicyclic) bond motifs is 1. The van der Waals surface area contributed by atoms with E-state index in [9.17, 15) is 4.79 Å². The van der Waals surface area contributed by atoms with Gasteiger partial charge in [-0.05, 0) is 28.8 Å². The Hall–Kier alpha value is -2.56. The molecular weight excluding hydrogens is 384 g/mol. The van der Waals surface area contributed by atoms with E-state index in [1.165, 1.54) is 16.3 Å². The molecule has 0 radical (unpaired) electrons. The summed E-state index contributed by atoms with van der Waals surface area (Å²) < 4.78 is 5.53. The number of aryl methyl sites for hydroxylation is 1. The van der Waals surface area contributed by atoms with E-state index in [0.717, 1.165) is 37.4 Å². The fourth-order valence-corrected chi connectivity index (χ4v) is 4.01. The van der Waals surface area contributed by atoms with Crippen LogP contribution >= 0.6 is 12.4 Å². The van der Waals surface area contributed by atoms with Crippen LogP contribution in [0.1, 0.15) is 23.6 Å². The van der Waals surface area contributed by atoms with Gasteiger partial charge in [0.05, 0.1) is 13.2 Å². The smallest absolute Gasteiger partial charge is 0.223 e. The van der Waals surface area contributed by atoms with Crippen LogP contribution in [0.3, 0.4) is 0 Å². The molecule has 1 aliphatic heterocycles. The summed E-state index contributed by atoms with van der Waals surface area (Å²) in [4.78, 5) is 15.1. The van der Waals surface area contributed by atoms with Gasteiger partial charge >= 0.3 is 0 Å². The number of carbonyl (C=O) groups excluding carboxylic acids is 1. The zero-order valence-corrected chi connectivity index (χ0v) is 17.5. The number of ether oxygens (including phenoxy) is 1. The maximum Gasteiger partial charge on any atom is 0.223 e. The third-order valence-corrected chi connectivity index (χ3v) is 5.50. The number of piperazine rings is 1. The average Bonchev–Trinajstić information content (AvgIpc) is 2.77. The lowest BCUT2D eigenvalue weighted by Crippen LogP contribution is -2.48. The summed E-state index contributed by atoms with van der Waals surface area (Å²) in [6.07, 6.45) is 1.27. The van der Waals surface area contributed by atoms with Crippen molar-refractivity contribution in [1.82, 2.24) is 10.2 Å². The van der Waals surface area contributed by atoms with E-state index in [2.05, 4.69) is 47.8 Å². The lowest BCUT2D eigenvalue weighted by molar-refractivity contribution is -0.134. The number of carbonyl (C=O) groups is 1. The minimum atomic E-state index is 0. The summed E-state index contributed by atoms with van der Waals surface area (Å²) in [5.41, 5.74) is 2.27. The SMILES string of the molecule is COc1ccccc1C1CNCCN1C(=O)CCc1ccc2ccccc2c1.Cl. The Morgan fingerprint density at radius 3 is 2.66 bits per heavy atom. The molecule has 1 N–H and O–H groups in total. The van der Waals surface area contributed by atoms with Gasteiger partial charge in [0.25, 0.3) is 0 Å². The molecule has 5 heteroatoms. The van der Waals surface area contributed by atoms with Gasteiger partial charge in [0.15, 0.2) is 0 Å². The maximum atomic E-state index is 13.1. The first kappa shape index (κ1) is 21.2. The van der Waals surface area contributed by atoms with Crippen molar-refractivity contribution < 1.29 is 9.53 Å². The van der Waals surface area contributed by atoms with Gasteiger partial charge in [0, 0.05) is 31.6 Å². The van der Waals surface area contributed by atoms with E-state index in [1.54, 1.807) is 7.11 Å². The molecule has 0 aliphatic carbocycles. The van der Waals surface area contributed by atoms with Crippen molar-refractivity contribution >= 4 is 29.1 Å². The first-order chi connectivity index (χ1) is 13.8. The molecule has 1 heterocycles. The molecule has 4 nitrogen and oxygen atoms in total. The molecule has 1 unspecified atom stereocenters. The Morgan fingerprint density at radius 1 is 1.07 bits per heavy atom. The van der Waals surface area contributed by atoms with Crippen LogP contribution in [0.4, 0.5) is 0 Å². The molecule has 1 saturated heterocycles. The van der Waals surface area contributed by atoms with Crippen LogP contribution in [-0.2, 0) is 11.2 Å². The number of rotatable bonds is 5. The number of hydrogen-bond donors (Lipinski definition) is 1. The molecule has 3 aromatic carbocycles. The minimum absolute atomic E-state index is 0. The molecule has 4 rings (SSSR count). The van der Waals surface area contributed by atoms with E-state index in [1.807, 2.05) is 29.2 Å². The number of methoxy groups -OCH3 is 1. The van der Waals surface area contributed by atoms with E-state index < -0.39 is 0 Å². The van der Waals surface area contributed by atoms with Crippen LogP contribution < -0.4 is 10.1 Å². The summed E-state index contributed by atoms with van der Waals surface area (Å²) in [5.74, 6) is 1.04. The highest BCUT2D eigenvalue weighted by molar-refractivity contribution is 5.85. The highest BCUT2D eigenvalue weighted by Crippen LogP contribution is 2.30. The number of hydrogen-bond acceptors (Lipinski definition) is 3. The predicted molar refractivity (Wildman–Crippen MR) is 120 cm³/mol. The summed E-state index contributed by atoms with van der Waals surface area (Å²) in [6, 6.07) is 22.8. The molecular formula is C24H27ClN2O2. The molecule has 1 aliphatic rings. The van der Waals surface area contributed by atoms with Crippen LogP contribution in [0, 0.1) is 0 Å². The van der Waals surface area contributed by atoms with E-state index in [-0.39, 0.29) is 24.4 Å². The Labute approximate surface area is 178 Å². The first-order valence-electron chi connectivity index (χ1n) is 9.87. The molecule has 29 heavy (non-hydrogen) atoms. The molecule has 1 atom stereocenters. The summed E-state index contributed by atoms with van der Waals surface area (Å²) in [6.45, 7) is 2.30. The van der Waals surface area contributed by atoms with Gasteiger partial charge in [-0.1, -0.05) is 60.7 Å². The molecule has 0 saturated carbocycles.